The predicted octanol–water partition coefficient (Wildman–Crippen LogP) is 3.17. The summed E-state index contributed by atoms with van der Waals surface area (Å²) in [6, 6.07) is 1.27. The zero-order valence-corrected chi connectivity index (χ0v) is 25.9. The summed E-state index contributed by atoms with van der Waals surface area (Å²) in [5.74, 6) is 1.24. The summed E-state index contributed by atoms with van der Waals surface area (Å²) < 4.78 is 7.09. The Hall–Kier alpha value is -1.48. The minimum absolute atomic E-state index is 0.00675. The van der Waals surface area contributed by atoms with Crippen molar-refractivity contribution in [2.24, 2.45) is 17.8 Å². The number of carbonyl (C=O) groups excluding carboxylic acids is 2. The molecular weight excluding hydrogens is 514 g/mol. The van der Waals surface area contributed by atoms with Gasteiger partial charge in [-0.2, -0.15) is 0 Å². The number of nitrogens with zero attached hydrogens (tertiary/aromatic N) is 3. The number of ketones is 1. The van der Waals surface area contributed by atoms with Gasteiger partial charge in [0.1, 0.15) is 0 Å². The van der Waals surface area contributed by atoms with E-state index >= 15 is 0 Å². The molecule has 8 nitrogen and oxygen atoms in total. The molecule has 9 atom stereocenters. The molecule has 230 valence electrons. The number of unbranched alkanes of at least 4 members (excludes halogenated alkanes) is 1. The second-order valence-electron chi connectivity index (χ2n) is 14.4. The molecule has 3 heterocycles. The fourth-order valence-electron chi connectivity index (χ4n) is 9.32. The number of nitrogens with one attached hydrogen (secondary N) is 2. The van der Waals surface area contributed by atoms with Gasteiger partial charge in [-0.1, -0.05) is 25.7 Å². The van der Waals surface area contributed by atoms with Crippen LogP contribution >= 0.6 is 0 Å². The van der Waals surface area contributed by atoms with E-state index in [0.29, 0.717) is 18.2 Å². The highest BCUT2D eigenvalue weighted by molar-refractivity contribution is 6.20. The number of ether oxygens (including phenoxy) is 1. The molecule has 2 saturated heterocycles. The summed E-state index contributed by atoms with van der Waals surface area (Å²) in [4.78, 5) is 34.5. The van der Waals surface area contributed by atoms with E-state index in [2.05, 4.69) is 46.5 Å². The van der Waals surface area contributed by atoms with Crippen LogP contribution in [0.4, 0.5) is 0 Å². The lowest BCUT2D eigenvalue weighted by Gasteiger charge is -2.60. The number of Topliss-reactive ketones (excluding diaryl/α,β-unsaturated/α-hetero) is 1. The van der Waals surface area contributed by atoms with E-state index < -0.39 is 0 Å². The van der Waals surface area contributed by atoms with Crippen molar-refractivity contribution in [1.29, 1.82) is 0 Å². The Morgan fingerprint density at radius 3 is 2.59 bits per heavy atom. The fraction of sp³-hybridized carbons (Fsp3) is 0.879. The van der Waals surface area contributed by atoms with Crippen LogP contribution < -0.4 is 10.6 Å². The molecule has 0 radical (unpaired) electrons. The number of carbonyl (C=O) groups is 2. The van der Waals surface area contributed by atoms with Crippen molar-refractivity contribution < 1.29 is 14.3 Å². The molecule has 9 unspecified atom stereocenters. The number of hydrogen-bond donors (Lipinski definition) is 2. The van der Waals surface area contributed by atoms with Gasteiger partial charge in [0.25, 0.3) is 5.91 Å². The maximum atomic E-state index is 13.9. The van der Waals surface area contributed by atoms with Crippen LogP contribution in [-0.2, 0) is 14.3 Å². The molecule has 3 aliphatic heterocycles. The van der Waals surface area contributed by atoms with Gasteiger partial charge in [0.15, 0.2) is 5.78 Å². The first-order valence-electron chi connectivity index (χ1n) is 17.0. The van der Waals surface area contributed by atoms with Crippen molar-refractivity contribution in [3.63, 3.8) is 0 Å². The highest BCUT2D eigenvalue weighted by Gasteiger charge is 2.57. The molecule has 2 N–H and O–H groups in total. The molecule has 1 amide bonds. The third-order valence-electron chi connectivity index (χ3n) is 11.6. The van der Waals surface area contributed by atoms with Crippen molar-refractivity contribution in [3.05, 3.63) is 11.8 Å². The third-order valence-corrected chi connectivity index (χ3v) is 11.6. The van der Waals surface area contributed by atoms with Crippen LogP contribution in [0.3, 0.4) is 0 Å². The summed E-state index contributed by atoms with van der Waals surface area (Å²) in [6.07, 6.45) is 17.3. The minimum atomic E-state index is -0.176. The van der Waals surface area contributed by atoms with Crippen molar-refractivity contribution in [1.82, 2.24) is 25.3 Å². The van der Waals surface area contributed by atoms with E-state index in [-0.39, 0.29) is 47.9 Å². The average molecular weight is 570 g/mol. The van der Waals surface area contributed by atoms with Crippen LogP contribution in [0.15, 0.2) is 11.8 Å². The fourth-order valence-corrected chi connectivity index (χ4v) is 9.32. The van der Waals surface area contributed by atoms with Crippen molar-refractivity contribution in [3.8, 4) is 0 Å². The van der Waals surface area contributed by atoms with E-state index in [1.165, 1.54) is 51.5 Å². The molecule has 8 heteroatoms. The Morgan fingerprint density at radius 2 is 1.83 bits per heavy atom. The summed E-state index contributed by atoms with van der Waals surface area (Å²) >= 11 is 0. The van der Waals surface area contributed by atoms with Gasteiger partial charge in [0, 0.05) is 30.7 Å². The molecule has 0 bridgehead atoms. The molecular formula is C33H55N5O3. The molecule has 5 fully saturated rings. The molecule has 0 aromatic rings. The van der Waals surface area contributed by atoms with Crippen molar-refractivity contribution >= 4 is 11.7 Å². The minimum Gasteiger partial charge on any atom is -0.369 e. The Morgan fingerprint density at radius 1 is 1.02 bits per heavy atom. The largest absolute Gasteiger partial charge is 0.369 e. The van der Waals surface area contributed by atoms with Gasteiger partial charge in [0.2, 0.25) is 0 Å². The Balaban J connectivity index is 1.19. The molecule has 6 rings (SSSR count). The SMILES string of the molecule is CN(C)CCCCNC(=O)C1=CN2C3CC4CCCCC4CC3OC3C(NCCC4CCCN4C)CCC(C1=O)C32. The van der Waals surface area contributed by atoms with E-state index in [1.54, 1.807) is 0 Å². The Kier molecular flexibility index (Phi) is 9.40. The van der Waals surface area contributed by atoms with E-state index in [4.69, 9.17) is 4.74 Å². The van der Waals surface area contributed by atoms with Crippen LogP contribution in [-0.4, -0.2) is 110 Å². The first-order chi connectivity index (χ1) is 19.9. The second-order valence-corrected chi connectivity index (χ2v) is 14.4. The summed E-state index contributed by atoms with van der Waals surface area (Å²) in [6.45, 7) is 3.84. The van der Waals surface area contributed by atoms with Gasteiger partial charge in [-0.15, -0.1) is 0 Å². The standard InChI is InChI=1S/C33H55N5O3/c1-36(2)17-7-6-15-35-33(40)26-21-38-28-19-22-9-4-5-10-23(22)20-29(28)41-32-27(13-12-25(30(32)38)31(26)39)34-16-14-24-11-8-18-37(24)3/h21-25,27-30,32,34H,4-20H2,1-3H3,(H,35,40). The zero-order valence-electron chi connectivity index (χ0n) is 25.9. The van der Waals surface area contributed by atoms with Crippen LogP contribution in [0.1, 0.15) is 83.5 Å². The smallest absolute Gasteiger partial charge is 0.256 e. The average Bonchev–Trinajstić information content (AvgIpc) is 3.37. The maximum Gasteiger partial charge on any atom is 0.256 e. The number of hydrogen-bond acceptors (Lipinski definition) is 7. The van der Waals surface area contributed by atoms with Gasteiger partial charge in [0.05, 0.1) is 29.9 Å². The first kappa shape index (κ1) is 29.6. The second kappa shape index (κ2) is 13.0. The van der Waals surface area contributed by atoms with E-state index in [9.17, 15) is 9.59 Å². The van der Waals surface area contributed by atoms with Crippen LogP contribution in [0.2, 0.25) is 0 Å². The Labute approximate surface area is 248 Å². The van der Waals surface area contributed by atoms with Gasteiger partial charge in [-0.25, -0.2) is 0 Å². The highest BCUT2D eigenvalue weighted by atomic mass is 16.5. The van der Waals surface area contributed by atoms with Gasteiger partial charge < -0.3 is 30.1 Å². The lowest BCUT2D eigenvalue weighted by molar-refractivity contribution is -0.200. The zero-order chi connectivity index (χ0) is 28.5. The predicted molar refractivity (Wildman–Crippen MR) is 161 cm³/mol. The molecule has 0 aromatic heterocycles. The molecule has 41 heavy (non-hydrogen) atoms. The molecule has 0 spiro atoms. The quantitative estimate of drug-likeness (QED) is 0.309. The van der Waals surface area contributed by atoms with Gasteiger partial charge in [-0.05, 0) is 110 Å². The maximum absolute atomic E-state index is 13.9. The number of amides is 1. The monoisotopic (exact) mass is 569 g/mol. The molecule has 0 aromatic carbocycles. The molecule has 3 aliphatic carbocycles. The number of likely N-dealkylation sites (tertiary alicyclic amines) is 1. The lowest BCUT2D eigenvalue weighted by atomic mass is 9.65. The van der Waals surface area contributed by atoms with Gasteiger partial charge >= 0.3 is 0 Å². The van der Waals surface area contributed by atoms with Gasteiger partial charge in [-0.3, -0.25) is 9.59 Å². The Bertz CT molecular complexity index is 971. The van der Waals surface area contributed by atoms with Crippen LogP contribution in [0.5, 0.6) is 0 Å². The summed E-state index contributed by atoms with van der Waals surface area (Å²) in [7, 11) is 6.40. The number of morpholine rings is 1. The van der Waals surface area contributed by atoms with E-state index in [0.717, 1.165) is 63.5 Å². The van der Waals surface area contributed by atoms with Crippen LogP contribution in [0, 0.1) is 17.8 Å². The topological polar surface area (TPSA) is 77.2 Å². The third kappa shape index (κ3) is 6.27. The lowest BCUT2D eigenvalue weighted by Crippen LogP contribution is -2.71. The number of fused-ring (bicyclic) bond motifs is 3. The molecule has 6 aliphatic rings. The van der Waals surface area contributed by atoms with Crippen LogP contribution in [0.25, 0.3) is 0 Å². The molecule has 3 saturated carbocycles. The highest BCUT2D eigenvalue weighted by Crippen LogP contribution is 2.49. The van der Waals surface area contributed by atoms with Crippen molar-refractivity contribution in [2.75, 3.05) is 47.3 Å². The number of rotatable bonds is 10. The van der Waals surface area contributed by atoms with E-state index in [1.807, 2.05) is 6.20 Å². The van der Waals surface area contributed by atoms with Crippen molar-refractivity contribution in [2.45, 2.75) is 120 Å². The summed E-state index contributed by atoms with van der Waals surface area (Å²) in [5.41, 5.74) is 0.389. The normalized spacial score (nSPS) is 38.7. The summed E-state index contributed by atoms with van der Waals surface area (Å²) in [5, 5.41) is 7.00. The first-order valence-corrected chi connectivity index (χ1v) is 17.0.